The zero-order valence-electron chi connectivity index (χ0n) is 12.7. The number of nitrogens with two attached hydrogens (primary N) is 1. The Bertz CT molecular complexity index is 499. The first-order valence-corrected chi connectivity index (χ1v) is 7.52. The highest BCUT2D eigenvalue weighted by Gasteiger charge is 2.26. The van der Waals surface area contributed by atoms with Gasteiger partial charge in [-0.1, -0.05) is 13.3 Å². The monoisotopic (exact) mass is 275 g/mol. The number of aromatic nitrogens is 1. The van der Waals surface area contributed by atoms with E-state index in [-0.39, 0.29) is 11.9 Å². The molecule has 3 N–H and O–H groups in total. The molecule has 1 aromatic rings. The highest BCUT2D eigenvalue weighted by Crippen LogP contribution is 2.32. The fourth-order valence-corrected chi connectivity index (χ4v) is 3.17. The summed E-state index contributed by atoms with van der Waals surface area (Å²) in [5, 5.41) is 7.76. The lowest BCUT2D eigenvalue weighted by molar-refractivity contribution is 0.0900. The van der Waals surface area contributed by atoms with Crippen LogP contribution in [0.2, 0.25) is 0 Å². The number of ether oxygens (including phenoxy) is 1. The molecular formula is C16H25N3O. The number of nitrogens with one attached hydrogen (secondary N) is 1. The molecule has 1 heterocycles. The van der Waals surface area contributed by atoms with Gasteiger partial charge in [0.25, 0.3) is 0 Å². The topological polar surface area (TPSA) is 72.0 Å². The predicted molar refractivity (Wildman–Crippen MR) is 81.4 cm³/mol. The second-order valence-electron chi connectivity index (χ2n) is 5.74. The summed E-state index contributed by atoms with van der Waals surface area (Å²) >= 11 is 0. The molecule has 4 nitrogen and oxygen atoms in total. The third-order valence-electron chi connectivity index (χ3n) is 4.20. The summed E-state index contributed by atoms with van der Waals surface area (Å²) in [6.45, 7) is 6.05. The summed E-state index contributed by atoms with van der Waals surface area (Å²) in [5.74, 6) is 1.37. The van der Waals surface area contributed by atoms with E-state index in [9.17, 15) is 0 Å². The number of rotatable bonds is 4. The second kappa shape index (κ2) is 6.25. The van der Waals surface area contributed by atoms with Gasteiger partial charge in [-0.05, 0) is 45.4 Å². The number of nitrogen functional groups attached to an aromatic ring is 1. The highest BCUT2D eigenvalue weighted by molar-refractivity contribution is 5.98. The first-order chi connectivity index (χ1) is 9.52. The molecule has 2 atom stereocenters. The Morgan fingerprint density at radius 1 is 1.40 bits per heavy atom. The van der Waals surface area contributed by atoms with Crippen molar-refractivity contribution in [3.8, 4) is 5.75 Å². The maximum absolute atomic E-state index is 7.76. The van der Waals surface area contributed by atoms with Crippen LogP contribution in [-0.4, -0.2) is 16.9 Å². The SMILES string of the molecule is CCC1CCCCC1Oc1cc(C)nc(C)c1C(=N)N. The van der Waals surface area contributed by atoms with E-state index >= 15 is 0 Å². The van der Waals surface area contributed by atoms with E-state index in [0.29, 0.717) is 11.5 Å². The quantitative estimate of drug-likeness (QED) is 0.654. The van der Waals surface area contributed by atoms with Gasteiger partial charge in [0.2, 0.25) is 0 Å². The first kappa shape index (κ1) is 14.8. The molecule has 0 aromatic carbocycles. The van der Waals surface area contributed by atoms with Crippen molar-refractivity contribution in [1.82, 2.24) is 4.98 Å². The minimum absolute atomic E-state index is 0.0360. The van der Waals surface area contributed by atoms with Crippen LogP contribution in [0.3, 0.4) is 0 Å². The van der Waals surface area contributed by atoms with Crippen LogP contribution >= 0.6 is 0 Å². The Hall–Kier alpha value is -1.58. The van der Waals surface area contributed by atoms with Gasteiger partial charge in [-0.25, -0.2) is 0 Å². The summed E-state index contributed by atoms with van der Waals surface area (Å²) in [5.41, 5.74) is 8.03. The third-order valence-corrected chi connectivity index (χ3v) is 4.20. The number of nitrogens with zero attached hydrogens (tertiary/aromatic N) is 1. The van der Waals surface area contributed by atoms with Crippen LogP contribution in [0.4, 0.5) is 0 Å². The molecule has 1 aliphatic rings. The summed E-state index contributed by atoms with van der Waals surface area (Å²) in [6.07, 6.45) is 6.23. The average molecular weight is 275 g/mol. The van der Waals surface area contributed by atoms with E-state index in [1.54, 1.807) is 0 Å². The summed E-state index contributed by atoms with van der Waals surface area (Å²) in [7, 11) is 0. The molecule has 20 heavy (non-hydrogen) atoms. The Morgan fingerprint density at radius 3 is 2.75 bits per heavy atom. The Balaban J connectivity index is 2.30. The number of amidine groups is 1. The van der Waals surface area contributed by atoms with Gasteiger partial charge in [0.05, 0.1) is 11.3 Å². The van der Waals surface area contributed by atoms with Gasteiger partial charge in [-0.15, -0.1) is 0 Å². The number of hydrogen-bond acceptors (Lipinski definition) is 3. The van der Waals surface area contributed by atoms with E-state index in [2.05, 4.69) is 11.9 Å². The van der Waals surface area contributed by atoms with Crippen LogP contribution in [0.15, 0.2) is 6.07 Å². The van der Waals surface area contributed by atoms with Crippen molar-refractivity contribution in [2.45, 2.75) is 59.0 Å². The molecule has 0 bridgehead atoms. The summed E-state index contributed by atoms with van der Waals surface area (Å²) in [6, 6.07) is 1.91. The van der Waals surface area contributed by atoms with E-state index in [1.807, 2.05) is 19.9 Å². The van der Waals surface area contributed by atoms with Crippen LogP contribution in [0.25, 0.3) is 0 Å². The molecule has 0 radical (unpaired) electrons. The van der Waals surface area contributed by atoms with E-state index in [4.69, 9.17) is 15.9 Å². The van der Waals surface area contributed by atoms with Crippen molar-refractivity contribution >= 4 is 5.84 Å². The molecule has 1 aromatic heterocycles. The van der Waals surface area contributed by atoms with E-state index in [0.717, 1.165) is 30.0 Å². The maximum Gasteiger partial charge on any atom is 0.134 e. The van der Waals surface area contributed by atoms with Crippen LogP contribution in [-0.2, 0) is 0 Å². The lowest BCUT2D eigenvalue weighted by Crippen LogP contribution is -2.31. The van der Waals surface area contributed by atoms with Crippen molar-refractivity contribution < 1.29 is 4.74 Å². The number of aryl methyl sites for hydroxylation is 2. The number of pyridine rings is 1. The third kappa shape index (κ3) is 3.11. The minimum atomic E-state index is 0.0360. The molecule has 1 fully saturated rings. The maximum atomic E-state index is 7.76. The van der Waals surface area contributed by atoms with Gasteiger partial charge >= 0.3 is 0 Å². The summed E-state index contributed by atoms with van der Waals surface area (Å²) < 4.78 is 6.25. The second-order valence-corrected chi connectivity index (χ2v) is 5.74. The molecule has 0 aliphatic heterocycles. The van der Waals surface area contributed by atoms with Crippen molar-refractivity contribution in [1.29, 1.82) is 5.41 Å². The molecule has 4 heteroatoms. The molecule has 2 unspecified atom stereocenters. The van der Waals surface area contributed by atoms with E-state index in [1.165, 1.54) is 19.3 Å². The van der Waals surface area contributed by atoms with Gasteiger partial charge < -0.3 is 10.5 Å². The highest BCUT2D eigenvalue weighted by atomic mass is 16.5. The van der Waals surface area contributed by atoms with Gasteiger partial charge in [-0.2, -0.15) is 0 Å². The van der Waals surface area contributed by atoms with Gasteiger partial charge in [0, 0.05) is 11.8 Å². The smallest absolute Gasteiger partial charge is 0.134 e. The van der Waals surface area contributed by atoms with Gasteiger partial charge in [0.15, 0.2) is 0 Å². The lowest BCUT2D eigenvalue weighted by Gasteiger charge is -2.32. The van der Waals surface area contributed by atoms with Crippen molar-refractivity contribution in [3.05, 3.63) is 23.0 Å². The summed E-state index contributed by atoms with van der Waals surface area (Å²) in [4.78, 5) is 4.39. The van der Waals surface area contributed by atoms with Crippen LogP contribution in [0, 0.1) is 25.2 Å². The van der Waals surface area contributed by atoms with Gasteiger partial charge in [-0.3, -0.25) is 10.4 Å². The Kier molecular flexibility index (Phi) is 4.63. The normalized spacial score (nSPS) is 22.6. The average Bonchev–Trinajstić information content (AvgIpc) is 2.38. The van der Waals surface area contributed by atoms with Gasteiger partial charge in [0.1, 0.15) is 17.7 Å². The zero-order chi connectivity index (χ0) is 14.7. The van der Waals surface area contributed by atoms with Crippen LogP contribution < -0.4 is 10.5 Å². The van der Waals surface area contributed by atoms with Crippen molar-refractivity contribution in [2.24, 2.45) is 11.7 Å². The van der Waals surface area contributed by atoms with E-state index < -0.39 is 0 Å². The molecule has 1 aliphatic carbocycles. The fraction of sp³-hybridized carbons (Fsp3) is 0.625. The molecule has 0 amide bonds. The molecular weight excluding hydrogens is 250 g/mol. The molecule has 110 valence electrons. The standard InChI is InChI=1S/C16H25N3O/c1-4-12-7-5-6-8-13(12)20-14-9-10(2)19-11(3)15(14)16(17)18/h9,12-13H,4-8H2,1-3H3,(H3,17,18). The molecule has 1 saturated carbocycles. The van der Waals surface area contributed by atoms with Crippen molar-refractivity contribution in [2.75, 3.05) is 0 Å². The zero-order valence-corrected chi connectivity index (χ0v) is 12.7. The molecule has 2 rings (SSSR count). The minimum Gasteiger partial charge on any atom is -0.489 e. The first-order valence-electron chi connectivity index (χ1n) is 7.52. The Labute approximate surface area is 121 Å². The largest absolute Gasteiger partial charge is 0.489 e. The lowest BCUT2D eigenvalue weighted by atomic mass is 9.84. The van der Waals surface area contributed by atoms with Crippen LogP contribution in [0.5, 0.6) is 5.75 Å². The fourth-order valence-electron chi connectivity index (χ4n) is 3.17. The molecule has 0 saturated heterocycles. The predicted octanol–water partition coefficient (Wildman–Crippen LogP) is 3.33. The van der Waals surface area contributed by atoms with Crippen LogP contribution in [0.1, 0.15) is 56.0 Å². The Morgan fingerprint density at radius 2 is 2.10 bits per heavy atom. The van der Waals surface area contributed by atoms with Crippen molar-refractivity contribution in [3.63, 3.8) is 0 Å². The number of hydrogen-bond donors (Lipinski definition) is 2. The molecule has 0 spiro atoms.